The van der Waals surface area contributed by atoms with E-state index in [1.807, 2.05) is 0 Å². The summed E-state index contributed by atoms with van der Waals surface area (Å²) in [7, 11) is 0. The van der Waals surface area contributed by atoms with E-state index in [-0.39, 0.29) is 5.76 Å². The van der Waals surface area contributed by atoms with Crippen molar-refractivity contribution in [3.8, 4) is 0 Å². The van der Waals surface area contributed by atoms with Crippen LogP contribution in [0.4, 0.5) is 0 Å². The molecule has 0 radical (unpaired) electrons. The highest BCUT2D eigenvalue weighted by molar-refractivity contribution is 5.02. The van der Waals surface area contributed by atoms with Gasteiger partial charge in [-0.15, -0.1) is 6.58 Å². The first-order valence-corrected chi connectivity index (χ1v) is 1.94. The zero-order chi connectivity index (χ0) is 5.86. The largest absolute Gasteiger partial charge is 0.511 e. The van der Waals surface area contributed by atoms with Crippen molar-refractivity contribution in [1.29, 1.82) is 0 Å². The van der Waals surface area contributed by atoms with E-state index in [9.17, 15) is 0 Å². The molecular weight excluding hydrogens is 90.1 g/mol. The lowest BCUT2D eigenvalue weighted by atomic mass is 10.3. The molecule has 0 saturated heterocycles. The van der Waals surface area contributed by atoms with E-state index in [2.05, 4.69) is 13.2 Å². The lowest BCUT2D eigenvalue weighted by molar-refractivity contribution is 0.387. The van der Waals surface area contributed by atoms with E-state index in [0.717, 1.165) is 0 Å². The van der Waals surface area contributed by atoms with Gasteiger partial charge in [0, 0.05) is 0 Å². The van der Waals surface area contributed by atoms with Gasteiger partial charge in [0.15, 0.2) is 0 Å². The van der Waals surface area contributed by atoms with Crippen molar-refractivity contribution in [1.82, 2.24) is 0 Å². The molecule has 0 aliphatic rings. The summed E-state index contributed by atoms with van der Waals surface area (Å²) in [6.07, 6.45) is 1.42. The molecule has 0 rings (SSSR count). The Hall–Kier alpha value is -0.760. The Kier molecular flexibility index (Phi) is 2.16. The average Bonchev–Trinajstić information content (AvgIpc) is 1.65. The van der Waals surface area contributed by atoms with Gasteiger partial charge in [0.05, 0.1) is 6.04 Å². The molecule has 3 N–H and O–H groups in total. The Labute approximate surface area is 43.0 Å². The van der Waals surface area contributed by atoms with Crippen molar-refractivity contribution in [2.75, 3.05) is 0 Å². The first kappa shape index (κ1) is 6.24. The van der Waals surface area contributed by atoms with Crippen LogP contribution in [0.1, 0.15) is 0 Å². The maximum absolute atomic E-state index is 8.43. The smallest absolute Gasteiger partial charge is 0.106 e. The Morgan fingerprint density at radius 2 is 2.29 bits per heavy atom. The Morgan fingerprint density at radius 3 is 2.29 bits per heavy atom. The molecule has 0 aromatic carbocycles. The third-order valence-corrected chi connectivity index (χ3v) is 0.639. The van der Waals surface area contributed by atoms with E-state index < -0.39 is 6.04 Å². The van der Waals surface area contributed by atoms with Gasteiger partial charge in [0.25, 0.3) is 0 Å². The molecular formula is C5H9NO. The van der Waals surface area contributed by atoms with Crippen LogP contribution in [0.25, 0.3) is 0 Å². The highest BCUT2D eigenvalue weighted by Crippen LogP contribution is 1.88. The van der Waals surface area contributed by atoms with Crippen LogP contribution in [0.5, 0.6) is 0 Å². The van der Waals surface area contributed by atoms with E-state index in [0.29, 0.717) is 0 Å². The molecule has 0 fully saturated rings. The number of hydrogen-bond donors (Lipinski definition) is 2. The standard InChI is InChI=1S/C5H9NO/c1-3-5(6)4(2)7/h3,5,7H,1-2,6H2. The zero-order valence-electron chi connectivity index (χ0n) is 4.09. The first-order chi connectivity index (χ1) is 3.18. The fraction of sp³-hybridized carbons (Fsp3) is 0.200. The van der Waals surface area contributed by atoms with Crippen molar-refractivity contribution in [2.24, 2.45) is 5.73 Å². The summed E-state index contributed by atoms with van der Waals surface area (Å²) < 4.78 is 0. The molecule has 40 valence electrons. The monoisotopic (exact) mass is 99.1 g/mol. The summed E-state index contributed by atoms with van der Waals surface area (Å²) in [6, 6.07) is -0.472. The summed E-state index contributed by atoms with van der Waals surface area (Å²) in [5.41, 5.74) is 5.15. The lowest BCUT2D eigenvalue weighted by Gasteiger charge is -1.99. The van der Waals surface area contributed by atoms with E-state index >= 15 is 0 Å². The van der Waals surface area contributed by atoms with Crippen LogP contribution in [0.2, 0.25) is 0 Å². The third-order valence-electron chi connectivity index (χ3n) is 0.639. The molecule has 0 bridgehead atoms. The normalized spacial score (nSPS) is 12.7. The minimum absolute atomic E-state index is 0.0463. The van der Waals surface area contributed by atoms with Gasteiger partial charge in [0.1, 0.15) is 5.76 Å². The van der Waals surface area contributed by atoms with Gasteiger partial charge in [-0.25, -0.2) is 0 Å². The SMILES string of the molecule is C=CC(N)C(=C)O. The molecule has 0 aromatic rings. The van der Waals surface area contributed by atoms with E-state index in [1.165, 1.54) is 6.08 Å². The van der Waals surface area contributed by atoms with Crippen LogP contribution in [0.15, 0.2) is 25.0 Å². The van der Waals surface area contributed by atoms with Crippen molar-refractivity contribution in [3.05, 3.63) is 25.0 Å². The molecule has 2 nitrogen and oxygen atoms in total. The molecule has 0 heterocycles. The fourth-order valence-electron chi connectivity index (χ4n) is 0.136. The van der Waals surface area contributed by atoms with Crippen LogP contribution in [0.3, 0.4) is 0 Å². The number of nitrogens with two attached hydrogens (primary N) is 1. The molecule has 0 aromatic heterocycles. The van der Waals surface area contributed by atoms with E-state index in [4.69, 9.17) is 10.8 Å². The Morgan fingerprint density at radius 1 is 1.86 bits per heavy atom. The molecule has 7 heavy (non-hydrogen) atoms. The molecule has 1 atom stereocenters. The fourth-order valence-corrected chi connectivity index (χ4v) is 0.136. The minimum atomic E-state index is -0.472. The van der Waals surface area contributed by atoms with Gasteiger partial charge in [-0.2, -0.15) is 0 Å². The maximum Gasteiger partial charge on any atom is 0.106 e. The molecule has 2 heteroatoms. The average molecular weight is 99.1 g/mol. The molecule has 1 unspecified atom stereocenters. The predicted molar refractivity (Wildman–Crippen MR) is 29.9 cm³/mol. The lowest BCUT2D eigenvalue weighted by Crippen LogP contribution is -2.17. The summed E-state index contributed by atoms with van der Waals surface area (Å²) in [4.78, 5) is 0. The van der Waals surface area contributed by atoms with Gasteiger partial charge in [-0.3, -0.25) is 0 Å². The maximum atomic E-state index is 8.43. The number of hydrogen-bond acceptors (Lipinski definition) is 2. The van der Waals surface area contributed by atoms with Crippen LogP contribution < -0.4 is 5.73 Å². The highest BCUT2D eigenvalue weighted by atomic mass is 16.3. The molecule has 0 aliphatic heterocycles. The van der Waals surface area contributed by atoms with Crippen molar-refractivity contribution in [3.63, 3.8) is 0 Å². The van der Waals surface area contributed by atoms with Gasteiger partial charge in [-0.1, -0.05) is 12.7 Å². The van der Waals surface area contributed by atoms with Crippen LogP contribution in [0, 0.1) is 0 Å². The van der Waals surface area contributed by atoms with Crippen LogP contribution in [-0.4, -0.2) is 11.1 Å². The minimum Gasteiger partial charge on any atom is -0.511 e. The summed E-state index contributed by atoms with van der Waals surface area (Å²) >= 11 is 0. The second-order valence-corrected chi connectivity index (χ2v) is 1.25. The summed E-state index contributed by atoms with van der Waals surface area (Å²) in [5.74, 6) is -0.0463. The number of aliphatic hydroxyl groups is 1. The van der Waals surface area contributed by atoms with Crippen molar-refractivity contribution >= 4 is 0 Å². The second kappa shape index (κ2) is 2.42. The highest BCUT2D eigenvalue weighted by Gasteiger charge is 1.94. The molecule has 0 aliphatic carbocycles. The summed E-state index contributed by atoms with van der Waals surface area (Å²) in [5, 5.41) is 8.43. The first-order valence-electron chi connectivity index (χ1n) is 1.94. The predicted octanol–water partition coefficient (Wildman–Crippen LogP) is 0.571. The molecule has 0 amide bonds. The Bertz CT molecular complexity index is 88.1. The van der Waals surface area contributed by atoms with Gasteiger partial charge < -0.3 is 10.8 Å². The number of aliphatic hydroxyl groups excluding tert-OH is 1. The third kappa shape index (κ3) is 2.00. The van der Waals surface area contributed by atoms with Crippen LogP contribution >= 0.6 is 0 Å². The topological polar surface area (TPSA) is 46.2 Å². The zero-order valence-corrected chi connectivity index (χ0v) is 4.09. The Balaban J connectivity index is 3.55. The van der Waals surface area contributed by atoms with Gasteiger partial charge in [-0.05, 0) is 0 Å². The van der Waals surface area contributed by atoms with Gasteiger partial charge >= 0.3 is 0 Å². The molecule has 0 saturated carbocycles. The number of rotatable bonds is 2. The second-order valence-electron chi connectivity index (χ2n) is 1.25. The summed E-state index contributed by atoms with van der Waals surface area (Å²) in [6.45, 7) is 6.52. The van der Waals surface area contributed by atoms with Gasteiger partial charge in [0.2, 0.25) is 0 Å². The molecule has 0 spiro atoms. The van der Waals surface area contributed by atoms with E-state index in [1.54, 1.807) is 0 Å². The van der Waals surface area contributed by atoms with Crippen molar-refractivity contribution < 1.29 is 5.11 Å². The van der Waals surface area contributed by atoms with Crippen molar-refractivity contribution in [2.45, 2.75) is 6.04 Å². The van der Waals surface area contributed by atoms with Crippen LogP contribution in [-0.2, 0) is 0 Å². The quantitative estimate of drug-likeness (QED) is 0.392.